The van der Waals surface area contributed by atoms with E-state index in [0.717, 1.165) is 23.6 Å². The fourth-order valence-electron chi connectivity index (χ4n) is 1.54. The quantitative estimate of drug-likeness (QED) is 0.749. The predicted molar refractivity (Wildman–Crippen MR) is 60.2 cm³/mol. The molecule has 0 atom stereocenters. The van der Waals surface area contributed by atoms with Gasteiger partial charge in [-0.15, -0.1) is 5.10 Å². The molecule has 1 amide bonds. The fourth-order valence-corrected chi connectivity index (χ4v) is 2.36. The third kappa shape index (κ3) is 2.08. The van der Waals surface area contributed by atoms with Gasteiger partial charge in [0.05, 0.1) is 18.8 Å². The third-order valence-corrected chi connectivity index (χ3v) is 3.09. The van der Waals surface area contributed by atoms with Gasteiger partial charge in [0.15, 0.2) is 0 Å². The van der Waals surface area contributed by atoms with Crippen LogP contribution in [0.1, 0.15) is 42.6 Å². The maximum absolute atomic E-state index is 12.1. The Balaban J connectivity index is 2.26. The first-order valence-corrected chi connectivity index (χ1v) is 6.05. The molecule has 0 bridgehead atoms. The lowest BCUT2D eigenvalue weighted by atomic mass is 9.91. The molecule has 0 aromatic carbocycles. The first-order chi connectivity index (χ1) is 7.50. The Hall–Kier alpha value is -1.01. The van der Waals surface area contributed by atoms with Gasteiger partial charge in [-0.05, 0) is 18.0 Å². The Morgan fingerprint density at radius 1 is 1.50 bits per heavy atom. The maximum Gasteiger partial charge on any atom is 0.291 e. The fraction of sp³-hybridized carbons (Fsp3) is 0.700. The van der Waals surface area contributed by atoms with Crippen LogP contribution in [0.4, 0.5) is 0 Å². The summed E-state index contributed by atoms with van der Waals surface area (Å²) in [6.45, 7) is 7.32. The van der Waals surface area contributed by atoms with E-state index in [1.165, 1.54) is 5.06 Å². The molecule has 6 heteroatoms. The summed E-state index contributed by atoms with van der Waals surface area (Å²) in [6, 6.07) is 0. The number of aromatic nitrogens is 2. The van der Waals surface area contributed by atoms with Crippen molar-refractivity contribution in [2.75, 3.05) is 13.2 Å². The summed E-state index contributed by atoms with van der Waals surface area (Å²) in [6.07, 6.45) is 0.892. The molecule has 0 N–H and O–H groups in total. The van der Waals surface area contributed by atoms with Crippen LogP contribution in [0.3, 0.4) is 0 Å². The number of nitrogens with zero attached hydrogens (tertiary/aromatic N) is 3. The highest BCUT2D eigenvalue weighted by Crippen LogP contribution is 2.27. The molecule has 1 aliphatic rings. The Morgan fingerprint density at radius 3 is 2.81 bits per heavy atom. The van der Waals surface area contributed by atoms with E-state index >= 15 is 0 Å². The molecular formula is C10H15N3O2S. The molecule has 1 aliphatic heterocycles. The number of hydroxylamine groups is 2. The van der Waals surface area contributed by atoms with Crippen LogP contribution >= 0.6 is 11.5 Å². The van der Waals surface area contributed by atoms with E-state index in [0.29, 0.717) is 18.0 Å². The van der Waals surface area contributed by atoms with Gasteiger partial charge in [0.25, 0.3) is 5.91 Å². The molecule has 2 heterocycles. The number of hydrogen-bond donors (Lipinski definition) is 0. The number of carbonyl (C=O) groups is 1. The molecule has 1 aromatic heterocycles. The average molecular weight is 241 g/mol. The number of amides is 1. The van der Waals surface area contributed by atoms with Crippen molar-refractivity contribution in [2.45, 2.75) is 32.6 Å². The van der Waals surface area contributed by atoms with Crippen LogP contribution in [0.25, 0.3) is 0 Å². The second-order valence-electron chi connectivity index (χ2n) is 4.79. The Morgan fingerprint density at radius 2 is 2.25 bits per heavy atom. The normalized spacial score (nSPS) is 16.8. The summed E-state index contributed by atoms with van der Waals surface area (Å²) in [7, 11) is 0. The van der Waals surface area contributed by atoms with Crippen molar-refractivity contribution in [3.8, 4) is 0 Å². The van der Waals surface area contributed by atoms with Crippen molar-refractivity contribution in [1.29, 1.82) is 0 Å². The second-order valence-corrected chi connectivity index (χ2v) is 5.55. The van der Waals surface area contributed by atoms with E-state index < -0.39 is 0 Å². The molecule has 88 valence electrons. The molecule has 16 heavy (non-hydrogen) atoms. The molecule has 0 radical (unpaired) electrons. The van der Waals surface area contributed by atoms with E-state index in [9.17, 15) is 4.79 Å². The lowest BCUT2D eigenvalue weighted by Gasteiger charge is -2.18. The molecule has 1 aromatic rings. The maximum atomic E-state index is 12.1. The van der Waals surface area contributed by atoms with Crippen molar-refractivity contribution >= 4 is 17.4 Å². The zero-order valence-corrected chi connectivity index (χ0v) is 10.5. The Kier molecular flexibility index (Phi) is 2.94. The van der Waals surface area contributed by atoms with E-state index in [4.69, 9.17) is 4.84 Å². The van der Waals surface area contributed by atoms with Gasteiger partial charge in [-0.3, -0.25) is 9.63 Å². The molecule has 0 spiro atoms. The van der Waals surface area contributed by atoms with Gasteiger partial charge in [-0.1, -0.05) is 25.3 Å². The van der Waals surface area contributed by atoms with E-state index in [-0.39, 0.29) is 11.3 Å². The summed E-state index contributed by atoms with van der Waals surface area (Å²) in [5.74, 6) is -0.113. The van der Waals surface area contributed by atoms with Crippen LogP contribution in [0.5, 0.6) is 0 Å². The van der Waals surface area contributed by atoms with Crippen LogP contribution in [0, 0.1) is 0 Å². The number of rotatable bonds is 1. The van der Waals surface area contributed by atoms with Gasteiger partial charge in [0.1, 0.15) is 4.88 Å². The van der Waals surface area contributed by atoms with Gasteiger partial charge in [-0.2, -0.15) is 0 Å². The summed E-state index contributed by atoms with van der Waals surface area (Å²) in [5.41, 5.74) is 0.579. The van der Waals surface area contributed by atoms with E-state index in [2.05, 4.69) is 9.59 Å². The summed E-state index contributed by atoms with van der Waals surface area (Å²) in [4.78, 5) is 17.9. The Bertz CT molecular complexity index is 391. The standard InChI is InChI=1S/C10H15N3O2S/c1-10(2,3)8-7(16-12-11-8)9(14)13-5-4-6-15-13/h4-6H2,1-3H3. The zero-order chi connectivity index (χ0) is 11.8. The molecule has 2 rings (SSSR count). The highest BCUT2D eigenvalue weighted by Gasteiger charge is 2.30. The molecule has 0 aliphatic carbocycles. The van der Waals surface area contributed by atoms with Crippen LogP contribution in [0.15, 0.2) is 0 Å². The van der Waals surface area contributed by atoms with Crippen LogP contribution in [-0.2, 0) is 10.3 Å². The zero-order valence-electron chi connectivity index (χ0n) is 9.69. The predicted octanol–water partition coefficient (Wildman–Crippen LogP) is 1.61. The largest absolute Gasteiger partial charge is 0.291 e. The van der Waals surface area contributed by atoms with Crippen molar-refractivity contribution in [1.82, 2.24) is 14.7 Å². The van der Waals surface area contributed by atoms with Crippen molar-refractivity contribution < 1.29 is 9.63 Å². The molecular weight excluding hydrogens is 226 g/mol. The minimum Gasteiger partial charge on any atom is -0.271 e. The summed E-state index contributed by atoms with van der Waals surface area (Å²) >= 11 is 1.14. The second kappa shape index (κ2) is 4.10. The first kappa shape index (κ1) is 11.5. The number of carbonyl (C=O) groups excluding carboxylic acids is 1. The highest BCUT2D eigenvalue weighted by atomic mass is 32.1. The molecule has 5 nitrogen and oxygen atoms in total. The number of hydrogen-bond acceptors (Lipinski definition) is 5. The van der Waals surface area contributed by atoms with E-state index in [1.807, 2.05) is 20.8 Å². The third-order valence-electron chi connectivity index (χ3n) is 2.37. The monoisotopic (exact) mass is 241 g/mol. The van der Waals surface area contributed by atoms with Gasteiger partial charge >= 0.3 is 0 Å². The average Bonchev–Trinajstić information content (AvgIpc) is 2.87. The smallest absolute Gasteiger partial charge is 0.271 e. The lowest BCUT2D eigenvalue weighted by Crippen LogP contribution is -2.28. The summed E-state index contributed by atoms with van der Waals surface area (Å²) < 4.78 is 3.87. The van der Waals surface area contributed by atoms with Crippen LogP contribution in [-0.4, -0.2) is 33.7 Å². The van der Waals surface area contributed by atoms with Crippen molar-refractivity contribution in [3.63, 3.8) is 0 Å². The van der Waals surface area contributed by atoms with Crippen LogP contribution < -0.4 is 0 Å². The van der Waals surface area contributed by atoms with Crippen molar-refractivity contribution in [3.05, 3.63) is 10.6 Å². The minimum absolute atomic E-state index is 0.113. The van der Waals surface area contributed by atoms with Gasteiger partial charge < -0.3 is 0 Å². The van der Waals surface area contributed by atoms with Gasteiger partial charge in [0, 0.05) is 5.41 Å². The minimum atomic E-state index is -0.169. The van der Waals surface area contributed by atoms with Gasteiger partial charge in [-0.25, -0.2) is 5.06 Å². The van der Waals surface area contributed by atoms with Crippen molar-refractivity contribution in [2.24, 2.45) is 0 Å². The summed E-state index contributed by atoms with van der Waals surface area (Å²) in [5, 5.41) is 5.45. The Labute approximate surface area is 98.5 Å². The first-order valence-electron chi connectivity index (χ1n) is 5.28. The SMILES string of the molecule is CC(C)(C)c1nnsc1C(=O)N1CCCO1. The molecule has 1 saturated heterocycles. The van der Waals surface area contributed by atoms with Crippen LogP contribution in [0.2, 0.25) is 0 Å². The highest BCUT2D eigenvalue weighted by molar-refractivity contribution is 7.08. The van der Waals surface area contributed by atoms with Gasteiger partial charge in [0.2, 0.25) is 0 Å². The molecule has 1 fully saturated rings. The molecule has 0 unspecified atom stereocenters. The topological polar surface area (TPSA) is 55.3 Å². The molecule has 0 saturated carbocycles. The van der Waals surface area contributed by atoms with E-state index in [1.54, 1.807) is 0 Å². The lowest BCUT2D eigenvalue weighted by molar-refractivity contribution is -0.0766.